The molecule has 0 N–H and O–H groups in total. The molecular weight excluding hydrogens is 1700 g/mol. The number of fused-ring (bicyclic) bond motifs is 13. The van der Waals surface area contributed by atoms with Crippen molar-refractivity contribution in [1.82, 2.24) is 48.2 Å². The molecule has 27 aromatic rings. The quantitative estimate of drug-likeness (QED) is 0.0901. The van der Waals surface area contributed by atoms with Crippen LogP contribution in [0.4, 0.5) is 0 Å². The third kappa shape index (κ3) is 14.1. The van der Waals surface area contributed by atoms with Crippen molar-refractivity contribution in [3.63, 3.8) is 0 Å². The van der Waals surface area contributed by atoms with Gasteiger partial charge in [-0.1, -0.05) is 382 Å². The zero-order valence-electron chi connectivity index (χ0n) is 75.8. The molecule has 10 nitrogen and oxygen atoms in total. The van der Waals surface area contributed by atoms with Crippen LogP contribution >= 0.6 is 0 Å². The van der Waals surface area contributed by atoms with E-state index in [-0.39, 0.29) is 0 Å². The first-order valence-corrected chi connectivity index (χ1v) is 47.5. The van der Waals surface area contributed by atoms with Gasteiger partial charge in [-0.25, -0.2) is 29.9 Å². The van der Waals surface area contributed by atoms with E-state index >= 15 is 0 Å². The number of hydrogen-bond donors (Lipinski definition) is 0. The molecule has 27 rings (SSSR count). The maximum Gasteiger partial charge on any atom is 0.164 e. The zero-order chi connectivity index (χ0) is 92.2. The molecule has 0 fully saturated rings. The molecule has 0 saturated carbocycles. The molecule has 0 bridgehead atoms. The number of aromatic nitrogens is 10. The first kappa shape index (κ1) is 80.7. The van der Waals surface area contributed by atoms with Crippen LogP contribution in [0.25, 0.3) is 267 Å². The minimum absolute atomic E-state index is 0.565. The lowest BCUT2D eigenvalue weighted by Gasteiger charge is -2.13. The van der Waals surface area contributed by atoms with Crippen molar-refractivity contribution in [2.24, 2.45) is 0 Å². The van der Waals surface area contributed by atoms with Crippen LogP contribution in [0.2, 0.25) is 0 Å². The van der Waals surface area contributed by atoms with Crippen molar-refractivity contribution in [3.8, 4) is 169 Å². The Bertz CT molecular complexity index is 9510. The Morgan fingerprint density at radius 3 is 0.779 bits per heavy atom. The lowest BCUT2D eigenvalue weighted by Crippen LogP contribution is -2.01. The lowest BCUT2D eigenvalue weighted by atomic mass is 9.95. The van der Waals surface area contributed by atoms with Gasteiger partial charge in [0.05, 0.1) is 44.1 Å². The fraction of sp³-hybridized carbons (Fsp3) is 0. The maximum absolute atomic E-state index is 5.43. The molecule has 0 spiro atoms. The normalized spacial score (nSPS) is 11.7. The molecular formula is C130H82N10. The largest absolute Gasteiger partial charge is 0.309 e. The zero-order valence-corrected chi connectivity index (χ0v) is 75.8. The Kier molecular flexibility index (Phi) is 19.4. The minimum Gasteiger partial charge on any atom is -0.309 e. The van der Waals surface area contributed by atoms with E-state index in [2.05, 4.69) is 516 Å². The van der Waals surface area contributed by atoms with Crippen LogP contribution in [-0.2, 0) is 0 Å². The molecule has 6 heterocycles. The first-order valence-electron chi connectivity index (χ1n) is 47.5. The van der Waals surface area contributed by atoms with Crippen LogP contribution in [0.1, 0.15) is 0 Å². The van der Waals surface area contributed by atoms with Gasteiger partial charge < -0.3 is 18.3 Å². The van der Waals surface area contributed by atoms with Gasteiger partial charge in [0.2, 0.25) is 0 Å². The SMILES string of the molecule is c1ccc(-c2cccc(-c3ccc(-c4nc(-c5ccc(-c6cccc(-n7c8ccccc8c8c(-c9ccc%10c(c9)c9ccccc9n%10-c9cccc(-c%10nc(-c%11ccc(-c%12cccc(-c%13cccc%14ccccc%13%14)c%12)cc%11)nc(-c%11ccc(-c%12cccc(-n%13c%14ccccc%14c%14ccccc%14%13)c%12)cc%11)n%10)c9)cccc87)c6)cc5)nc(-c5cccc(-n6c7ccccc7c7ccccc76)c5)n4)cc3)c2)cc1. The standard InChI is InChI=1S/C130H82N10/c1-2-26-83(27-3-1)93-30-18-31-94(76-93)84-58-66-89(67-59-84)125-131-127(135-129(133-125)100-36-22-40-104(80-100)138-118-53-14-8-45-111(118)112-46-9-15-54-119(112)138)92-72-64-87(65-73-92)97-34-21-39-103(79-97)140-121-56-17-11-48-114(121)124-108(50-25-57-123(124)140)99-74-75-122-115(82-99)113-47-10-16-55-120(113)139(122)105-41-23-37-101(81-105)130-134-126(90-68-60-85(61-69-90)95-32-19-35-98(77-95)107-49-24-29-88-28-4-5-42-106(88)107)132-128(136-130)91-70-62-86(63-71-91)96-33-20-38-102(78-96)137-116-51-12-6-43-109(116)110-44-7-13-52-117(110)137/h1-82H. The summed E-state index contributed by atoms with van der Waals surface area (Å²) in [7, 11) is 0. The van der Waals surface area contributed by atoms with Crippen molar-refractivity contribution in [2.45, 2.75) is 0 Å². The summed E-state index contributed by atoms with van der Waals surface area (Å²) in [4.78, 5) is 32.2. The van der Waals surface area contributed by atoms with E-state index < -0.39 is 0 Å². The predicted molar refractivity (Wildman–Crippen MR) is 579 cm³/mol. The average molecular weight is 1780 g/mol. The maximum atomic E-state index is 5.43. The number of nitrogens with zero attached hydrogens (tertiary/aromatic N) is 10. The van der Waals surface area contributed by atoms with Crippen molar-refractivity contribution in [3.05, 3.63) is 497 Å². The fourth-order valence-electron chi connectivity index (χ4n) is 21.2. The average Bonchev–Trinajstić information content (AvgIpc) is 1.57. The van der Waals surface area contributed by atoms with Crippen LogP contribution in [0.3, 0.4) is 0 Å². The number of benzene rings is 21. The van der Waals surface area contributed by atoms with Gasteiger partial charge in [-0.2, -0.15) is 0 Å². The summed E-state index contributed by atoms with van der Waals surface area (Å²) in [6, 6.07) is 179. The van der Waals surface area contributed by atoms with E-state index in [1.807, 2.05) is 0 Å². The molecule has 140 heavy (non-hydrogen) atoms. The van der Waals surface area contributed by atoms with E-state index in [9.17, 15) is 0 Å². The molecule has 0 radical (unpaired) electrons. The second kappa shape index (κ2) is 33.6. The van der Waals surface area contributed by atoms with Crippen molar-refractivity contribution < 1.29 is 0 Å². The van der Waals surface area contributed by atoms with Crippen molar-refractivity contribution >= 4 is 98.0 Å². The second-order valence-electron chi connectivity index (χ2n) is 36.1. The Morgan fingerprint density at radius 1 is 0.121 bits per heavy atom. The number of para-hydroxylation sites is 6. The molecule has 0 aliphatic rings. The van der Waals surface area contributed by atoms with Crippen LogP contribution < -0.4 is 0 Å². The summed E-state index contributed by atoms with van der Waals surface area (Å²) >= 11 is 0. The van der Waals surface area contributed by atoms with Gasteiger partial charge in [0.1, 0.15) is 0 Å². The Balaban J connectivity index is 0.518. The molecule has 6 aromatic heterocycles. The predicted octanol–water partition coefficient (Wildman–Crippen LogP) is 33.3. The summed E-state index contributed by atoms with van der Waals surface area (Å²) < 4.78 is 9.52. The molecule has 0 unspecified atom stereocenters. The van der Waals surface area contributed by atoms with Gasteiger partial charge in [0, 0.05) is 99.2 Å². The van der Waals surface area contributed by atoms with Crippen LogP contribution in [-0.4, -0.2) is 48.2 Å². The van der Waals surface area contributed by atoms with Gasteiger partial charge in [-0.15, -0.1) is 0 Å². The molecule has 10 heteroatoms. The van der Waals surface area contributed by atoms with Crippen LogP contribution in [0.5, 0.6) is 0 Å². The summed E-state index contributed by atoms with van der Waals surface area (Å²) in [6.07, 6.45) is 0. The Labute approximate surface area is 807 Å². The summed E-state index contributed by atoms with van der Waals surface area (Å²) in [6.45, 7) is 0. The van der Waals surface area contributed by atoms with E-state index in [0.717, 1.165) is 156 Å². The third-order valence-corrected chi connectivity index (χ3v) is 27.9. The topological polar surface area (TPSA) is 97.1 Å². The lowest BCUT2D eigenvalue weighted by molar-refractivity contribution is 1.07. The third-order valence-electron chi connectivity index (χ3n) is 27.9. The van der Waals surface area contributed by atoms with Gasteiger partial charge in [0.15, 0.2) is 34.9 Å². The number of hydrogen-bond acceptors (Lipinski definition) is 6. The van der Waals surface area contributed by atoms with E-state index in [1.165, 1.54) is 76.4 Å². The second-order valence-corrected chi connectivity index (χ2v) is 36.1. The highest BCUT2D eigenvalue weighted by Gasteiger charge is 2.25. The summed E-state index contributed by atoms with van der Waals surface area (Å²) in [5.41, 5.74) is 34.2. The highest BCUT2D eigenvalue weighted by atomic mass is 15.1. The van der Waals surface area contributed by atoms with E-state index in [0.29, 0.717) is 34.9 Å². The van der Waals surface area contributed by atoms with E-state index in [1.54, 1.807) is 0 Å². The molecule has 0 saturated heterocycles. The molecule has 0 amide bonds. The van der Waals surface area contributed by atoms with Crippen LogP contribution in [0.15, 0.2) is 497 Å². The fourth-order valence-corrected chi connectivity index (χ4v) is 21.2. The smallest absolute Gasteiger partial charge is 0.164 e. The molecule has 0 atom stereocenters. The van der Waals surface area contributed by atoms with Crippen molar-refractivity contribution in [1.29, 1.82) is 0 Å². The first-order chi connectivity index (χ1) is 69.4. The molecule has 0 aliphatic heterocycles. The Morgan fingerprint density at radius 2 is 0.357 bits per heavy atom. The minimum atomic E-state index is 0.565. The monoisotopic (exact) mass is 1780 g/mol. The highest BCUT2D eigenvalue weighted by Crippen LogP contribution is 2.46. The van der Waals surface area contributed by atoms with Gasteiger partial charge in [-0.05, 0) is 204 Å². The summed E-state index contributed by atoms with van der Waals surface area (Å²) in [5.74, 6) is 3.46. The number of rotatable bonds is 17. The molecule has 21 aromatic carbocycles. The summed E-state index contributed by atoms with van der Waals surface area (Å²) in [5, 5.41) is 11.9. The van der Waals surface area contributed by atoms with Gasteiger partial charge in [0.25, 0.3) is 0 Å². The van der Waals surface area contributed by atoms with Crippen molar-refractivity contribution in [2.75, 3.05) is 0 Å². The molecule has 652 valence electrons. The van der Waals surface area contributed by atoms with Gasteiger partial charge in [-0.3, -0.25) is 0 Å². The Hall–Kier alpha value is -18.9. The molecule has 0 aliphatic carbocycles. The van der Waals surface area contributed by atoms with Gasteiger partial charge >= 0.3 is 0 Å². The van der Waals surface area contributed by atoms with E-state index in [4.69, 9.17) is 29.9 Å². The highest BCUT2D eigenvalue weighted by molar-refractivity contribution is 6.18. The van der Waals surface area contributed by atoms with Crippen LogP contribution in [0, 0.1) is 0 Å².